The topological polar surface area (TPSA) is 85.3 Å². The lowest BCUT2D eigenvalue weighted by molar-refractivity contribution is 0.0897. The van der Waals surface area contributed by atoms with E-state index in [9.17, 15) is 4.79 Å². The first-order valence-electron chi connectivity index (χ1n) is 6.45. The highest BCUT2D eigenvalue weighted by atomic mass is 35.5. The SMILES string of the molecule is CCC(CC)(CN)NC(=O)c1cnn2ccncc12.Cl. The molecule has 0 spiro atoms. The fourth-order valence-corrected chi connectivity index (χ4v) is 2.08. The molecule has 7 heteroatoms. The second kappa shape index (κ2) is 6.67. The third-order valence-corrected chi connectivity index (χ3v) is 3.69. The molecule has 20 heavy (non-hydrogen) atoms. The quantitative estimate of drug-likeness (QED) is 0.873. The summed E-state index contributed by atoms with van der Waals surface area (Å²) in [4.78, 5) is 16.4. The Balaban J connectivity index is 0.00000200. The van der Waals surface area contributed by atoms with E-state index in [1.807, 2.05) is 13.8 Å². The van der Waals surface area contributed by atoms with Crippen molar-refractivity contribution in [2.75, 3.05) is 6.54 Å². The fraction of sp³-hybridized carbons (Fsp3) is 0.462. The van der Waals surface area contributed by atoms with Crippen LogP contribution in [0.5, 0.6) is 0 Å². The molecule has 2 heterocycles. The first-order valence-corrected chi connectivity index (χ1v) is 6.45. The number of amides is 1. The standard InChI is InChI=1S/C13H19N5O.ClH/c1-3-13(4-2,9-14)17-12(19)10-7-16-18-6-5-15-8-11(10)18;/h5-8H,3-4,9,14H2,1-2H3,(H,17,19);1H. The summed E-state index contributed by atoms with van der Waals surface area (Å²) in [5, 5.41) is 7.16. The monoisotopic (exact) mass is 297 g/mol. The van der Waals surface area contributed by atoms with Crippen LogP contribution in [0.3, 0.4) is 0 Å². The Kier molecular flexibility index (Phi) is 5.47. The fourth-order valence-electron chi connectivity index (χ4n) is 2.08. The molecule has 0 bridgehead atoms. The van der Waals surface area contributed by atoms with Crippen molar-refractivity contribution >= 4 is 23.8 Å². The number of rotatable bonds is 5. The number of nitrogens with zero attached hydrogens (tertiary/aromatic N) is 3. The van der Waals surface area contributed by atoms with Crippen LogP contribution in [0.4, 0.5) is 0 Å². The van der Waals surface area contributed by atoms with Crippen molar-refractivity contribution in [2.24, 2.45) is 5.73 Å². The van der Waals surface area contributed by atoms with E-state index < -0.39 is 0 Å². The third-order valence-electron chi connectivity index (χ3n) is 3.69. The number of fused-ring (bicyclic) bond motifs is 1. The first-order chi connectivity index (χ1) is 9.15. The normalized spacial score (nSPS) is 11.2. The molecule has 0 saturated heterocycles. The number of hydrogen-bond acceptors (Lipinski definition) is 4. The van der Waals surface area contributed by atoms with Gasteiger partial charge in [-0.3, -0.25) is 9.78 Å². The summed E-state index contributed by atoms with van der Waals surface area (Å²) in [6, 6.07) is 0. The summed E-state index contributed by atoms with van der Waals surface area (Å²) in [7, 11) is 0. The van der Waals surface area contributed by atoms with Crippen molar-refractivity contribution in [2.45, 2.75) is 32.2 Å². The van der Waals surface area contributed by atoms with Crippen LogP contribution in [0.15, 0.2) is 24.8 Å². The van der Waals surface area contributed by atoms with Gasteiger partial charge >= 0.3 is 0 Å². The Labute approximate surface area is 124 Å². The van der Waals surface area contributed by atoms with E-state index in [0.29, 0.717) is 17.6 Å². The predicted molar refractivity (Wildman–Crippen MR) is 80.1 cm³/mol. The molecule has 0 unspecified atom stereocenters. The number of carbonyl (C=O) groups is 1. The van der Waals surface area contributed by atoms with Gasteiger partial charge in [0.25, 0.3) is 5.91 Å². The van der Waals surface area contributed by atoms with Crippen LogP contribution in [0.1, 0.15) is 37.0 Å². The minimum Gasteiger partial charge on any atom is -0.345 e. The molecule has 0 aliphatic carbocycles. The van der Waals surface area contributed by atoms with E-state index in [-0.39, 0.29) is 23.9 Å². The van der Waals surface area contributed by atoms with Gasteiger partial charge < -0.3 is 11.1 Å². The van der Waals surface area contributed by atoms with Crippen LogP contribution in [0, 0.1) is 0 Å². The third kappa shape index (κ3) is 2.91. The van der Waals surface area contributed by atoms with Gasteiger partial charge in [0.2, 0.25) is 0 Å². The van der Waals surface area contributed by atoms with Crippen LogP contribution in [-0.4, -0.2) is 32.6 Å². The molecule has 0 fully saturated rings. The second-order valence-electron chi connectivity index (χ2n) is 4.61. The molecule has 0 saturated carbocycles. The number of halogens is 1. The highest BCUT2D eigenvalue weighted by Crippen LogP contribution is 2.16. The Morgan fingerprint density at radius 2 is 2.10 bits per heavy atom. The lowest BCUT2D eigenvalue weighted by Gasteiger charge is -2.31. The molecule has 2 aromatic heterocycles. The van der Waals surface area contributed by atoms with Crippen LogP contribution < -0.4 is 11.1 Å². The first kappa shape index (κ1) is 16.4. The van der Waals surface area contributed by atoms with Gasteiger partial charge in [-0.05, 0) is 12.8 Å². The van der Waals surface area contributed by atoms with Crippen molar-refractivity contribution in [3.63, 3.8) is 0 Å². The summed E-state index contributed by atoms with van der Waals surface area (Å²) < 4.78 is 1.63. The summed E-state index contributed by atoms with van der Waals surface area (Å²) in [6.45, 7) is 4.46. The molecule has 2 rings (SSSR count). The molecule has 0 aliphatic rings. The maximum atomic E-state index is 12.4. The minimum absolute atomic E-state index is 0. The van der Waals surface area contributed by atoms with E-state index in [2.05, 4.69) is 15.4 Å². The molecule has 3 N–H and O–H groups in total. The van der Waals surface area contributed by atoms with Gasteiger partial charge in [0.15, 0.2) is 0 Å². The largest absolute Gasteiger partial charge is 0.345 e. The van der Waals surface area contributed by atoms with E-state index in [0.717, 1.165) is 12.8 Å². The minimum atomic E-state index is -0.354. The number of hydrogen-bond donors (Lipinski definition) is 2. The maximum absolute atomic E-state index is 12.4. The van der Waals surface area contributed by atoms with Crippen molar-refractivity contribution in [3.8, 4) is 0 Å². The molecule has 6 nitrogen and oxygen atoms in total. The molecule has 2 aromatic rings. The van der Waals surface area contributed by atoms with Crippen molar-refractivity contribution < 1.29 is 4.79 Å². The molecule has 0 aromatic carbocycles. The van der Waals surface area contributed by atoms with E-state index >= 15 is 0 Å². The average molecular weight is 298 g/mol. The van der Waals surface area contributed by atoms with Gasteiger partial charge in [-0.25, -0.2) is 4.52 Å². The summed E-state index contributed by atoms with van der Waals surface area (Å²) in [5.41, 5.74) is 6.66. The van der Waals surface area contributed by atoms with Gasteiger partial charge in [-0.15, -0.1) is 12.4 Å². The average Bonchev–Trinajstić information content (AvgIpc) is 2.89. The Bertz CT molecular complexity index is 571. The highest BCUT2D eigenvalue weighted by molar-refractivity contribution is 6.00. The van der Waals surface area contributed by atoms with E-state index in [1.165, 1.54) is 0 Å². The van der Waals surface area contributed by atoms with Crippen LogP contribution in [0.25, 0.3) is 5.52 Å². The number of nitrogens with one attached hydrogen (secondary N) is 1. The molecular weight excluding hydrogens is 278 g/mol. The van der Waals surface area contributed by atoms with Crippen molar-refractivity contribution in [1.82, 2.24) is 19.9 Å². The number of nitrogens with two attached hydrogens (primary N) is 1. The summed E-state index contributed by atoms with van der Waals surface area (Å²) in [5.74, 6) is -0.155. The second-order valence-corrected chi connectivity index (χ2v) is 4.61. The van der Waals surface area contributed by atoms with Crippen molar-refractivity contribution in [3.05, 3.63) is 30.4 Å². The zero-order valence-electron chi connectivity index (χ0n) is 11.7. The van der Waals surface area contributed by atoms with E-state index in [1.54, 1.807) is 29.3 Å². The smallest absolute Gasteiger partial charge is 0.255 e. The molecule has 1 amide bonds. The molecule has 0 atom stereocenters. The van der Waals surface area contributed by atoms with E-state index in [4.69, 9.17) is 5.73 Å². The lowest BCUT2D eigenvalue weighted by Crippen LogP contribution is -2.52. The predicted octanol–water partition coefficient (Wildman–Crippen LogP) is 1.40. The summed E-state index contributed by atoms with van der Waals surface area (Å²) >= 11 is 0. The van der Waals surface area contributed by atoms with Crippen molar-refractivity contribution in [1.29, 1.82) is 0 Å². The van der Waals surface area contributed by atoms with Crippen LogP contribution >= 0.6 is 12.4 Å². The zero-order valence-corrected chi connectivity index (χ0v) is 12.5. The maximum Gasteiger partial charge on any atom is 0.255 e. The van der Waals surface area contributed by atoms with Gasteiger partial charge in [0.1, 0.15) is 0 Å². The Hall–Kier alpha value is -1.66. The van der Waals surface area contributed by atoms with Gasteiger partial charge in [0, 0.05) is 18.9 Å². The van der Waals surface area contributed by atoms with Gasteiger partial charge in [-0.1, -0.05) is 13.8 Å². The van der Waals surface area contributed by atoms with Gasteiger partial charge in [0.05, 0.1) is 29.0 Å². The zero-order chi connectivity index (χ0) is 13.9. The Morgan fingerprint density at radius 1 is 1.40 bits per heavy atom. The molecule has 0 radical (unpaired) electrons. The lowest BCUT2D eigenvalue weighted by atomic mass is 9.92. The van der Waals surface area contributed by atoms with Gasteiger partial charge in [-0.2, -0.15) is 5.10 Å². The molecule has 0 aliphatic heterocycles. The highest BCUT2D eigenvalue weighted by Gasteiger charge is 2.27. The molecular formula is C13H20ClN5O. The summed E-state index contributed by atoms with van der Waals surface area (Å²) in [6.07, 6.45) is 8.11. The van der Waals surface area contributed by atoms with Crippen LogP contribution in [-0.2, 0) is 0 Å². The Morgan fingerprint density at radius 3 is 2.70 bits per heavy atom. The number of aromatic nitrogens is 3. The molecule has 110 valence electrons. The van der Waals surface area contributed by atoms with Crippen LogP contribution in [0.2, 0.25) is 0 Å². The number of carbonyl (C=O) groups excluding carboxylic acids is 1.